The van der Waals surface area contributed by atoms with E-state index in [2.05, 4.69) is 13.8 Å². The molecular weight excluding hydrogens is 342 g/mol. The van der Waals surface area contributed by atoms with Gasteiger partial charge in [-0.1, -0.05) is 97.3 Å². The minimum atomic E-state index is -3.03. The summed E-state index contributed by atoms with van der Waals surface area (Å²) in [7, 11) is -3.03. The zero-order valence-corrected chi connectivity index (χ0v) is 18.7. The highest BCUT2D eigenvalue weighted by Crippen LogP contribution is 2.26. The van der Waals surface area contributed by atoms with E-state index in [0.29, 0.717) is 11.7 Å². The Morgan fingerprint density at radius 2 is 1.15 bits per heavy atom. The molecule has 1 aliphatic rings. The minimum absolute atomic E-state index is 0.196. The molecule has 3 nitrogen and oxygen atoms in total. The molecule has 0 amide bonds. The molecule has 0 bridgehead atoms. The van der Waals surface area contributed by atoms with Gasteiger partial charge in [0, 0.05) is 12.6 Å². The fourth-order valence-electron chi connectivity index (χ4n) is 4.25. The van der Waals surface area contributed by atoms with Gasteiger partial charge in [0.15, 0.2) is 0 Å². The van der Waals surface area contributed by atoms with Gasteiger partial charge in [-0.15, -0.1) is 0 Å². The van der Waals surface area contributed by atoms with Gasteiger partial charge in [0.1, 0.15) is 0 Å². The van der Waals surface area contributed by atoms with Gasteiger partial charge in [0.25, 0.3) is 0 Å². The van der Waals surface area contributed by atoms with Crippen molar-refractivity contribution >= 4 is 10.0 Å². The van der Waals surface area contributed by atoms with Gasteiger partial charge in [0.05, 0.1) is 5.75 Å². The Bertz CT molecular complexity index is 435. The van der Waals surface area contributed by atoms with E-state index < -0.39 is 10.0 Å². The molecule has 4 heteroatoms. The van der Waals surface area contributed by atoms with E-state index in [0.717, 1.165) is 25.8 Å². The summed E-state index contributed by atoms with van der Waals surface area (Å²) >= 11 is 0. The summed E-state index contributed by atoms with van der Waals surface area (Å²) in [6.45, 7) is 7.19. The highest BCUT2D eigenvalue weighted by atomic mass is 32.2. The van der Waals surface area contributed by atoms with Crippen molar-refractivity contribution < 1.29 is 8.42 Å². The number of hydrogen-bond donors (Lipinski definition) is 0. The van der Waals surface area contributed by atoms with Crippen molar-refractivity contribution in [1.82, 2.24) is 4.31 Å². The lowest BCUT2D eigenvalue weighted by Gasteiger charge is -2.20. The molecule has 1 fully saturated rings. The van der Waals surface area contributed by atoms with E-state index in [-0.39, 0.29) is 6.04 Å². The second-order valence-electron chi connectivity index (χ2n) is 8.67. The Balaban J connectivity index is 1.90. The minimum Gasteiger partial charge on any atom is -0.212 e. The smallest absolute Gasteiger partial charge is 0.212 e. The number of sulfonamides is 1. The van der Waals surface area contributed by atoms with Crippen LogP contribution in [0.3, 0.4) is 0 Å². The molecule has 1 heterocycles. The molecule has 0 aliphatic carbocycles. The number of rotatable bonds is 16. The quantitative estimate of drug-likeness (QED) is 0.282. The van der Waals surface area contributed by atoms with Crippen molar-refractivity contribution in [1.29, 1.82) is 0 Å². The third kappa shape index (κ3) is 10.3. The normalized spacial score (nSPS) is 21.5. The Kier molecular flexibility index (Phi) is 12.9. The molecule has 0 aromatic carbocycles. The molecule has 0 spiro atoms. The fraction of sp³-hybridized carbons (Fsp3) is 1.00. The standard InChI is InChI=1S/C22H45NO2S/c1-4-5-6-7-8-9-10-11-12-13-14-15-16-17-18-26(24,25)23-20-21(2)19-22(23)3/h21-22H,4-20H2,1-3H3. The van der Waals surface area contributed by atoms with Crippen LogP contribution in [0.4, 0.5) is 0 Å². The van der Waals surface area contributed by atoms with E-state index in [4.69, 9.17) is 0 Å². The van der Waals surface area contributed by atoms with Crippen molar-refractivity contribution in [2.24, 2.45) is 5.92 Å². The summed E-state index contributed by atoms with van der Waals surface area (Å²) in [6.07, 6.45) is 19.2. The predicted molar refractivity (Wildman–Crippen MR) is 114 cm³/mol. The lowest BCUT2D eigenvalue weighted by molar-refractivity contribution is 0.404. The molecule has 2 unspecified atom stereocenters. The van der Waals surface area contributed by atoms with Gasteiger partial charge in [-0.25, -0.2) is 8.42 Å². The topological polar surface area (TPSA) is 37.4 Å². The van der Waals surface area contributed by atoms with Crippen LogP contribution < -0.4 is 0 Å². The number of hydrogen-bond acceptors (Lipinski definition) is 2. The molecule has 0 saturated carbocycles. The number of nitrogens with zero attached hydrogens (tertiary/aromatic N) is 1. The van der Waals surface area contributed by atoms with Crippen LogP contribution in [-0.2, 0) is 10.0 Å². The van der Waals surface area contributed by atoms with E-state index in [1.54, 1.807) is 4.31 Å². The van der Waals surface area contributed by atoms with Crippen LogP contribution in [0, 0.1) is 5.92 Å². The lowest BCUT2D eigenvalue weighted by atomic mass is 10.0. The maximum atomic E-state index is 12.4. The van der Waals surface area contributed by atoms with Gasteiger partial charge >= 0.3 is 0 Å². The Morgan fingerprint density at radius 3 is 1.54 bits per heavy atom. The van der Waals surface area contributed by atoms with E-state index in [9.17, 15) is 8.42 Å². The summed E-state index contributed by atoms with van der Waals surface area (Å²) in [4.78, 5) is 0. The third-order valence-corrected chi connectivity index (χ3v) is 7.87. The molecule has 0 aromatic rings. The average molecular weight is 388 g/mol. The molecule has 1 saturated heterocycles. The van der Waals surface area contributed by atoms with Crippen LogP contribution in [0.25, 0.3) is 0 Å². The summed E-state index contributed by atoms with van der Waals surface area (Å²) in [5, 5.41) is 0. The van der Waals surface area contributed by atoms with Crippen molar-refractivity contribution in [3.63, 3.8) is 0 Å². The van der Waals surface area contributed by atoms with Gasteiger partial charge in [-0.3, -0.25) is 0 Å². The van der Waals surface area contributed by atoms with Gasteiger partial charge < -0.3 is 0 Å². The second-order valence-corrected chi connectivity index (χ2v) is 10.7. The first kappa shape index (κ1) is 23.9. The van der Waals surface area contributed by atoms with Crippen LogP contribution in [-0.4, -0.2) is 31.1 Å². The highest BCUT2D eigenvalue weighted by molar-refractivity contribution is 7.89. The third-order valence-electron chi connectivity index (χ3n) is 5.84. The second kappa shape index (κ2) is 14.0. The first-order valence-corrected chi connectivity index (χ1v) is 13.1. The van der Waals surface area contributed by atoms with Crippen LogP contribution in [0.15, 0.2) is 0 Å². The summed E-state index contributed by atoms with van der Waals surface area (Å²) in [6, 6.07) is 0.196. The van der Waals surface area contributed by atoms with Crippen molar-refractivity contribution in [3.8, 4) is 0 Å². The molecule has 0 radical (unpaired) electrons. The summed E-state index contributed by atoms with van der Waals surface area (Å²) in [5.74, 6) is 0.860. The van der Waals surface area contributed by atoms with Crippen molar-refractivity contribution in [2.75, 3.05) is 12.3 Å². The van der Waals surface area contributed by atoms with Crippen LogP contribution >= 0.6 is 0 Å². The molecule has 156 valence electrons. The predicted octanol–water partition coefficient (Wildman–Crippen LogP) is 6.53. The maximum absolute atomic E-state index is 12.4. The van der Waals surface area contributed by atoms with Crippen LogP contribution in [0.5, 0.6) is 0 Å². The largest absolute Gasteiger partial charge is 0.214 e. The SMILES string of the molecule is CCCCCCCCCCCCCCCCS(=O)(=O)N1CC(C)CC1C. The Labute approximate surface area is 164 Å². The van der Waals surface area contributed by atoms with Crippen molar-refractivity contribution in [2.45, 2.75) is 123 Å². The highest BCUT2D eigenvalue weighted by Gasteiger charge is 2.34. The molecule has 0 N–H and O–H groups in total. The number of unbranched alkanes of at least 4 members (excludes halogenated alkanes) is 13. The zero-order valence-electron chi connectivity index (χ0n) is 17.8. The first-order valence-electron chi connectivity index (χ1n) is 11.5. The van der Waals surface area contributed by atoms with Gasteiger partial charge in [-0.05, 0) is 25.7 Å². The van der Waals surface area contributed by atoms with Gasteiger partial charge in [0.2, 0.25) is 10.0 Å². The molecular formula is C22H45NO2S. The van der Waals surface area contributed by atoms with E-state index >= 15 is 0 Å². The van der Waals surface area contributed by atoms with Crippen LogP contribution in [0.1, 0.15) is 117 Å². The maximum Gasteiger partial charge on any atom is 0.214 e. The van der Waals surface area contributed by atoms with Crippen molar-refractivity contribution in [3.05, 3.63) is 0 Å². The zero-order chi connectivity index (χ0) is 19.3. The molecule has 1 rings (SSSR count). The summed E-state index contributed by atoms with van der Waals surface area (Å²) in [5.41, 5.74) is 0. The Hall–Kier alpha value is -0.0900. The fourth-order valence-corrected chi connectivity index (χ4v) is 6.16. The Morgan fingerprint density at radius 1 is 0.731 bits per heavy atom. The van der Waals surface area contributed by atoms with E-state index in [1.807, 2.05) is 6.92 Å². The van der Waals surface area contributed by atoms with E-state index in [1.165, 1.54) is 77.0 Å². The monoisotopic (exact) mass is 387 g/mol. The summed E-state index contributed by atoms with van der Waals surface area (Å²) < 4.78 is 26.6. The van der Waals surface area contributed by atoms with Crippen LogP contribution in [0.2, 0.25) is 0 Å². The molecule has 1 aliphatic heterocycles. The molecule has 26 heavy (non-hydrogen) atoms. The molecule has 0 aromatic heterocycles. The molecule has 2 atom stereocenters. The first-order chi connectivity index (χ1) is 12.5. The average Bonchev–Trinajstić information content (AvgIpc) is 2.94. The lowest BCUT2D eigenvalue weighted by Crippen LogP contribution is -2.35. The van der Waals surface area contributed by atoms with Gasteiger partial charge in [-0.2, -0.15) is 4.31 Å².